The van der Waals surface area contributed by atoms with E-state index in [1.165, 1.54) is 10.7 Å². The second-order valence-electron chi connectivity index (χ2n) is 5.19. The van der Waals surface area contributed by atoms with Crippen molar-refractivity contribution in [2.75, 3.05) is 6.54 Å². The van der Waals surface area contributed by atoms with Crippen molar-refractivity contribution in [2.24, 2.45) is 0 Å². The number of hydrogen-bond acceptors (Lipinski definition) is 4. The van der Waals surface area contributed by atoms with Crippen LogP contribution in [0.1, 0.15) is 30.2 Å². The van der Waals surface area contributed by atoms with Crippen molar-refractivity contribution in [1.82, 2.24) is 15.1 Å². The highest BCUT2D eigenvalue weighted by molar-refractivity contribution is 5.42. The Labute approximate surface area is 124 Å². The quantitative estimate of drug-likeness (QED) is 0.826. The molecule has 1 aromatic heterocycles. The average Bonchev–Trinajstić information content (AvgIpc) is 2.42. The maximum atomic E-state index is 12.1. The summed E-state index contributed by atoms with van der Waals surface area (Å²) in [6.45, 7) is 7.29. The van der Waals surface area contributed by atoms with E-state index < -0.39 is 0 Å². The van der Waals surface area contributed by atoms with Gasteiger partial charge in [0, 0.05) is 12.6 Å². The summed E-state index contributed by atoms with van der Waals surface area (Å²) < 4.78 is 1.34. The van der Waals surface area contributed by atoms with Gasteiger partial charge in [0.05, 0.1) is 5.69 Å². The summed E-state index contributed by atoms with van der Waals surface area (Å²) >= 11 is 0. The third-order valence-electron chi connectivity index (χ3n) is 3.29. The molecule has 0 radical (unpaired) electrons. The minimum absolute atomic E-state index is 0.0652. The molecule has 5 nitrogen and oxygen atoms in total. The lowest BCUT2D eigenvalue weighted by molar-refractivity contribution is 0.451. The van der Waals surface area contributed by atoms with Gasteiger partial charge in [0.1, 0.15) is 11.4 Å². The standard InChI is InChI=1S/C16H21N3O2/c1-4-7-17-10-13-15(20)9-16(21)19(18-13)14-6-5-11(2)8-12(14)3/h5-6,8-9,17,20H,4,7,10H2,1-3H3. The molecule has 0 bridgehead atoms. The number of aromatic hydroxyl groups is 1. The summed E-state index contributed by atoms with van der Waals surface area (Å²) in [4.78, 5) is 12.1. The molecule has 0 amide bonds. The number of hydrogen-bond donors (Lipinski definition) is 2. The minimum Gasteiger partial charge on any atom is -0.506 e. The molecule has 2 N–H and O–H groups in total. The van der Waals surface area contributed by atoms with Gasteiger partial charge in [-0.3, -0.25) is 4.79 Å². The lowest BCUT2D eigenvalue weighted by atomic mass is 10.1. The Balaban J connectivity index is 2.43. The lowest BCUT2D eigenvalue weighted by Crippen LogP contribution is -2.24. The smallest absolute Gasteiger partial charge is 0.275 e. The fourth-order valence-corrected chi connectivity index (χ4v) is 2.21. The second-order valence-corrected chi connectivity index (χ2v) is 5.19. The van der Waals surface area contributed by atoms with Crippen molar-refractivity contribution in [3.8, 4) is 11.4 Å². The molecule has 2 rings (SSSR count). The molecule has 1 aromatic carbocycles. The fraction of sp³-hybridized carbons (Fsp3) is 0.375. The van der Waals surface area contributed by atoms with E-state index in [0.29, 0.717) is 12.2 Å². The van der Waals surface area contributed by atoms with Crippen molar-refractivity contribution < 1.29 is 5.11 Å². The largest absolute Gasteiger partial charge is 0.506 e. The van der Waals surface area contributed by atoms with Crippen LogP contribution in [-0.2, 0) is 6.54 Å². The first-order valence-corrected chi connectivity index (χ1v) is 7.13. The van der Waals surface area contributed by atoms with Crippen LogP contribution in [0.3, 0.4) is 0 Å². The number of nitrogens with one attached hydrogen (secondary N) is 1. The molecular formula is C16H21N3O2. The zero-order valence-electron chi connectivity index (χ0n) is 12.7. The van der Waals surface area contributed by atoms with E-state index in [2.05, 4.69) is 17.3 Å². The maximum Gasteiger partial charge on any atom is 0.275 e. The first kappa shape index (κ1) is 15.3. The molecule has 5 heteroatoms. The Kier molecular flexibility index (Phi) is 4.75. The highest BCUT2D eigenvalue weighted by atomic mass is 16.3. The Morgan fingerprint density at radius 1 is 1.29 bits per heavy atom. The molecule has 0 fully saturated rings. The van der Waals surface area contributed by atoms with Crippen molar-refractivity contribution in [3.63, 3.8) is 0 Å². The van der Waals surface area contributed by atoms with E-state index in [4.69, 9.17) is 0 Å². The summed E-state index contributed by atoms with van der Waals surface area (Å²) in [5.74, 6) is -0.0652. The van der Waals surface area contributed by atoms with Gasteiger partial charge < -0.3 is 10.4 Å². The van der Waals surface area contributed by atoms with Crippen LogP contribution in [0.2, 0.25) is 0 Å². The van der Waals surface area contributed by atoms with Gasteiger partial charge in [0.2, 0.25) is 0 Å². The third-order valence-corrected chi connectivity index (χ3v) is 3.29. The minimum atomic E-state index is -0.335. The second kappa shape index (κ2) is 6.54. The first-order valence-electron chi connectivity index (χ1n) is 7.13. The van der Waals surface area contributed by atoms with Gasteiger partial charge in [-0.05, 0) is 38.4 Å². The molecule has 0 unspecified atom stereocenters. The van der Waals surface area contributed by atoms with Gasteiger partial charge in [-0.25, -0.2) is 0 Å². The third kappa shape index (κ3) is 3.49. The van der Waals surface area contributed by atoms with Crippen LogP contribution in [0.4, 0.5) is 0 Å². The van der Waals surface area contributed by atoms with Crippen LogP contribution in [0.25, 0.3) is 5.69 Å². The normalized spacial score (nSPS) is 10.8. The van der Waals surface area contributed by atoms with Crippen LogP contribution in [0.5, 0.6) is 5.75 Å². The highest BCUT2D eigenvalue weighted by Crippen LogP contribution is 2.16. The molecule has 2 aromatic rings. The van der Waals surface area contributed by atoms with Crippen molar-refractivity contribution >= 4 is 0 Å². The highest BCUT2D eigenvalue weighted by Gasteiger charge is 2.10. The van der Waals surface area contributed by atoms with E-state index in [9.17, 15) is 9.90 Å². The molecule has 0 spiro atoms. The molecular weight excluding hydrogens is 266 g/mol. The predicted octanol–water partition coefficient (Wildman–Crippen LogP) is 2.05. The topological polar surface area (TPSA) is 67.2 Å². The van der Waals surface area contributed by atoms with Crippen molar-refractivity contribution in [2.45, 2.75) is 33.7 Å². The molecule has 0 saturated carbocycles. The molecule has 0 aliphatic rings. The summed E-state index contributed by atoms with van der Waals surface area (Å²) in [5, 5.41) is 17.3. The van der Waals surface area contributed by atoms with Gasteiger partial charge in [0.15, 0.2) is 0 Å². The molecule has 0 atom stereocenters. The number of nitrogens with zero attached hydrogens (tertiary/aromatic N) is 2. The zero-order chi connectivity index (χ0) is 15.4. The van der Waals surface area contributed by atoms with Gasteiger partial charge in [0.25, 0.3) is 5.56 Å². The molecule has 1 heterocycles. The predicted molar refractivity (Wildman–Crippen MR) is 83.0 cm³/mol. The lowest BCUT2D eigenvalue weighted by Gasteiger charge is -2.12. The van der Waals surface area contributed by atoms with Crippen molar-refractivity contribution in [1.29, 1.82) is 0 Å². The van der Waals surface area contributed by atoms with E-state index in [1.54, 1.807) is 0 Å². The number of rotatable bonds is 5. The number of aromatic nitrogens is 2. The van der Waals surface area contributed by atoms with Gasteiger partial charge in [-0.1, -0.05) is 24.6 Å². The summed E-state index contributed by atoms with van der Waals surface area (Å²) in [6.07, 6.45) is 0.997. The van der Waals surface area contributed by atoms with Crippen LogP contribution >= 0.6 is 0 Å². The Hall–Kier alpha value is -2.14. The zero-order valence-corrected chi connectivity index (χ0v) is 12.7. The summed E-state index contributed by atoms with van der Waals surface area (Å²) in [7, 11) is 0. The van der Waals surface area contributed by atoms with E-state index in [0.717, 1.165) is 29.8 Å². The molecule has 0 saturated heterocycles. The van der Waals surface area contributed by atoms with Crippen LogP contribution in [0.15, 0.2) is 29.1 Å². The Bertz CT molecular complexity index is 692. The monoisotopic (exact) mass is 287 g/mol. The van der Waals surface area contributed by atoms with Gasteiger partial charge in [-0.15, -0.1) is 0 Å². The van der Waals surface area contributed by atoms with Crippen LogP contribution < -0.4 is 10.9 Å². The van der Waals surface area contributed by atoms with Crippen LogP contribution in [0, 0.1) is 13.8 Å². The SMILES string of the molecule is CCCNCc1nn(-c2ccc(C)cc2C)c(=O)cc1O. The Morgan fingerprint density at radius 3 is 2.71 bits per heavy atom. The molecule has 0 aliphatic carbocycles. The molecule has 0 aliphatic heterocycles. The van der Waals surface area contributed by atoms with Crippen molar-refractivity contribution in [3.05, 3.63) is 51.4 Å². The Morgan fingerprint density at radius 2 is 2.05 bits per heavy atom. The van der Waals surface area contributed by atoms with Gasteiger partial charge in [-0.2, -0.15) is 9.78 Å². The van der Waals surface area contributed by atoms with E-state index >= 15 is 0 Å². The van der Waals surface area contributed by atoms with Crippen LogP contribution in [-0.4, -0.2) is 21.4 Å². The number of aryl methyl sites for hydroxylation is 2. The van der Waals surface area contributed by atoms with Gasteiger partial charge >= 0.3 is 0 Å². The fourth-order valence-electron chi connectivity index (χ4n) is 2.21. The average molecular weight is 287 g/mol. The molecule has 112 valence electrons. The number of benzene rings is 1. The van der Waals surface area contributed by atoms with E-state index in [1.807, 2.05) is 32.0 Å². The van der Waals surface area contributed by atoms with E-state index in [-0.39, 0.29) is 11.3 Å². The molecule has 21 heavy (non-hydrogen) atoms. The first-order chi connectivity index (χ1) is 10.0. The maximum absolute atomic E-state index is 12.1. The summed E-state index contributed by atoms with van der Waals surface area (Å²) in [5.41, 5.74) is 2.99. The summed E-state index contributed by atoms with van der Waals surface area (Å²) in [6, 6.07) is 7.04.